The first kappa shape index (κ1) is 11.9. The molecule has 0 aliphatic carbocycles. The largest absolute Gasteiger partial charge is 0.362 e. The fraction of sp³-hybridized carbons (Fsp3) is 0.154. The van der Waals surface area contributed by atoms with Crippen LogP contribution in [0.5, 0.6) is 0 Å². The van der Waals surface area contributed by atoms with Crippen molar-refractivity contribution in [1.82, 2.24) is 9.38 Å². The van der Waals surface area contributed by atoms with E-state index >= 15 is 0 Å². The van der Waals surface area contributed by atoms with Crippen LogP contribution in [0.3, 0.4) is 0 Å². The van der Waals surface area contributed by atoms with Crippen LogP contribution in [0, 0.1) is 11.3 Å². The lowest BCUT2D eigenvalue weighted by Gasteiger charge is -2.14. The maximum atomic E-state index is 12.3. The monoisotopic (exact) mass is 240 g/mol. The number of allylic oxidation sites excluding steroid dienone is 1. The smallest absolute Gasteiger partial charge is 0.267 e. The Balaban J connectivity index is 2.85. The molecule has 0 N–H and O–H groups in total. The van der Waals surface area contributed by atoms with E-state index in [1.807, 2.05) is 26.2 Å². The third kappa shape index (κ3) is 1.96. The normalized spacial score (nSPS) is 10.7. The van der Waals surface area contributed by atoms with Gasteiger partial charge in [-0.3, -0.25) is 9.20 Å². The fourth-order valence-electron chi connectivity index (χ4n) is 1.70. The molecule has 90 valence electrons. The van der Waals surface area contributed by atoms with Crippen LogP contribution in [0.25, 0.3) is 11.7 Å². The highest BCUT2D eigenvalue weighted by Crippen LogP contribution is 2.14. The second-order valence-electron chi connectivity index (χ2n) is 3.94. The highest BCUT2D eigenvalue weighted by atomic mass is 16.1. The highest BCUT2D eigenvalue weighted by Gasteiger charge is 2.11. The van der Waals surface area contributed by atoms with E-state index in [9.17, 15) is 4.79 Å². The zero-order chi connectivity index (χ0) is 13.1. The first-order valence-electron chi connectivity index (χ1n) is 5.40. The summed E-state index contributed by atoms with van der Waals surface area (Å²) in [6.45, 7) is 0. The molecular formula is C13H12N4O. The van der Waals surface area contributed by atoms with Crippen molar-refractivity contribution in [3.8, 4) is 6.07 Å². The lowest BCUT2D eigenvalue weighted by atomic mass is 10.2. The van der Waals surface area contributed by atoms with Crippen molar-refractivity contribution in [1.29, 1.82) is 5.26 Å². The van der Waals surface area contributed by atoms with E-state index in [1.165, 1.54) is 16.6 Å². The molecule has 0 aliphatic rings. The van der Waals surface area contributed by atoms with Gasteiger partial charge in [-0.25, -0.2) is 4.98 Å². The SMILES string of the molecule is CN(C)c1nc2ccccn2c(=O)c1/C=C/C#N. The molecule has 0 spiro atoms. The lowest BCUT2D eigenvalue weighted by Crippen LogP contribution is -2.23. The molecule has 0 saturated carbocycles. The summed E-state index contributed by atoms with van der Waals surface area (Å²) in [6, 6.07) is 7.25. The summed E-state index contributed by atoms with van der Waals surface area (Å²) in [5, 5.41) is 8.58. The van der Waals surface area contributed by atoms with Crippen molar-refractivity contribution in [2.75, 3.05) is 19.0 Å². The van der Waals surface area contributed by atoms with Gasteiger partial charge in [0.25, 0.3) is 5.56 Å². The number of nitriles is 1. The summed E-state index contributed by atoms with van der Waals surface area (Å²) in [7, 11) is 3.62. The Bertz CT molecular complexity index is 707. The van der Waals surface area contributed by atoms with Crippen LogP contribution < -0.4 is 10.5 Å². The molecule has 0 bridgehead atoms. The molecule has 0 saturated heterocycles. The summed E-state index contributed by atoms with van der Waals surface area (Å²) in [5.74, 6) is 0.553. The maximum absolute atomic E-state index is 12.3. The average molecular weight is 240 g/mol. The summed E-state index contributed by atoms with van der Waals surface area (Å²) in [4.78, 5) is 18.5. The van der Waals surface area contributed by atoms with Crippen molar-refractivity contribution in [3.05, 3.63) is 46.4 Å². The second kappa shape index (κ2) is 4.72. The third-order valence-electron chi connectivity index (χ3n) is 2.50. The molecule has 0 aliphatic heterocycles. The van der Waals surface area contributed by atoms with Crippen LogP contribution in [0.2, 0.25) is 0 Å². The minimum absolute atomic E-state index is 0.184. The first-order valence-corrected chi connectivity index (χ1v) is 5.40. The molecule has 2 heterocycles. The second-order valence-corrected chi connectivity index (χ2v) is 3.94. The molecule has 2 aromatic rings. The highest BCUT2D eigenvalue weighted by molar-refractivity contribution is 5.66. The number of hydrogen-bond acceptors (Lipinski definition) is 4. The summed E-state index contributed by atoms with van der Waals surface area (Å²) >= 11 is 0. The molecule has 0 radical (unpaired) electrons. The van der Waals surface area contributed by atoms with Crippen LogP contribution in [0.1, 0.15) is 5.56 Å². The van der Waals surface area contributed by atoms with Crippen molar-refractivity contribution in [2.24, 2.45) is 0 Å². The number of hydrogen-bond donors (Lipinski definition) is 0. The maximum Gasteiger partial charge on any atom is 0.267 e. The van der Waals surface area contributed by atoms with E-state index in [2.05, 4.69) is 4.98 Å². The molecule has 2 rings (SSSR count). The Morgan fingerprint density at radius 1 is 1.44 bits per heavy atom. The summed E-state index contributed by atoms with van der Waals surface area (Å²) in [5.41, 5.74) is 0.807. The van der Waals surface area contributed by atoms with E-state index < -0.39 is 0 Å². The molecule has 0 aromatic carbocycles. The van der Waals surface area contributed by atoms with Crippen LogP contribution >= 0.6 is 0 Å². The van der Waals surface area contributed by atoms with Crippen molar-refractivity contribution >= 4 is 17.5 Å². The van der Waals surface area contributed by atoms with Gasteiger partial charge in [-0.05, 0) is 18.2 Å². The van der Waals surface area contributed by atoms with Gasteiger partial charge in [0.05, 0.1) is 11.6 Å². The molecule has 0 unspecified atom stereocenters. The molecule has 5 heteroatoms. The van der Waals surface area contributed by atoms with Crippen LogP contribution in [-0.4, -0.2) is 23.5 Å². The van der Waals surface area contributed by atoms with Gasteiger partial charge in [0.15, 0.2) is 0 Å². The molecule has 0 amide bonds. The van der Waals surface area contributed by atoms with Gasteiger partial charge in [0, 0.05) is 26.4 Å². The Morgan fingerprint density at radius 2 is 2.22 bits per heavy atom. The number of anilines is 1. The molecular weight excluding hydrogens is 228 g/mol. The van der Waals surface area contributed by atoms with Gasteiger partial charge in [-0.1, -0.05) is 6.07 Å². The minimum atomic E-state index is -0.184. The molecule has 0 atom stereocenters. The quantitative estimate of drug-likeness (QED) is 0.742. The van der Waals surface area contributed by atoms with E-state index in [4.69, 9.17) is 5.26 Å². The van der Waals surface area contributed by atoms with E-state index in [0.717, 1.165) is 0 Å². The number of pyridine rings is 1. The predicted octanol–water partition coefficient (Wildman–Crippen LogP) is 1.30. The van der Waals surface area contributed by atoms with Gasteiger partial charge >= 0.3 is 0 Å². The Labute approximate surface area is 104 Å². The first-order chi connectivity index (χ1) is 8.65. The summed E-state index contributed by atoms with van der Waals surface area (Å²) < 4.78 is 1.46. The van der Waals surface area contributed by atoms with Gasteiger partial charge in [-0.15, -0.1) is 0 Å². The number of fused-ring (bicyclic) bond motifs is 1. The van der Waals surface area contributed by atoms with Crippen molar-refractivity contribution in [2.45, 2.75) is 0 Å². The Kier molecular flexibility index (Phi) is 3.11. The zero-order valence-electron chi connectivity index (χ0n) is 10.2. The predicted molar refractivity (Wildman–Crippen MR) is 70.4 cm³/mol. The third-order valence-corrected chi connectivity index (χ3v) is 2.50. The van der Waals surface area contributed by atoms with E-state index in [0.29, 0.717) is 17.0 Å². The minimum Gasteiger partial charge on any atom is -0.362 e. The fourth-order valence-corrected chi connectivity index (χ4v) is 1.70. The molecule has 18 heavy (non-hydrogen) atoms. The number of nitrogens with zero attached hydrogens (tertiary/aromatic N) is 4. The Hall–Kier alpha value is -2.61. The Morgan fingerprint density at radius 3 is 2.89 bits per heavy atom. The zero-order valence-corrected chi connectivity index (χ0v) is 10.2. The van der Waals surface area contributed by atoms with Crippen LogP contribution in [0.15, 0.2) is 35.3 Å². The van der Waals surface area contributed by atoms with E-state index in [1.54, 1.807) is 23.2 Å². The van der Waals surface area contributed by atoms with Gasteiger partial charge in [0.2, 0.25) is 0 Å². The average Bonchev–Trinajstić information content (AvgIpc) is 2.37. The van der Waals surface area contributed by atoms with Gasteiger partial charge in [-0.2, -0.15) is 5.26 Å². The summed E-state index contributed by atoms with van der Waals surface area (Å²) in [6.07, 6.45) is 4.43. The number of rotatable bonds is 2. The lowest BCUT2D eigenvalue weighted by molar-refractivity contribution is 0.991. The molecule has 0 fully saturated rings. The molecule has 2 aromatic heterocycles. The van der Waals surface area contributed by atoms with Gasteiger partial charge < -0.3 is 4.90 Å². The topological polar surface area (TPSA) is 61.4 Å². The molecule has 5 nitrogen and oxygen atoms in total. The van der Waals surface area contributed by atoms with E-state index in [-0.39, 0.29) is 5.56 Å². The van der Waals surface area contributed by atoms with Gasteiger partial charge in [0.1, 0.15) is 11.5 Å². The number of aromatic nitrogens is 2. The van der Waals surface area contributed by atoms with Crippen LogP contribution in [-0.2, 0) is 0 Å². The standard InChI is InChI=1S/C13H12N4O/c1-16(2)12-10(6-5-8-14)13(18)17-9-4-3-7-11(17)15-12/h3-7,9H,1-2H3/b6-5+. The van der Waals surface area contributed by atoms with Crippen molar-refractivity contribution < 1.29 is 0 Å². The van der Waals surface area contributed by atoms with Crippen LogP contribution in [0.4, 0.5) is 5.82 Å². The van der Waals surface area contributed by atoms with Crippen molar-refractivity contribution in [3.63, 3.8) is 0 Å².